The molecule has 0 aliphatic heterocycles. The van der Waals surface area contributed by atoms with Crippen LogP contribution in [0.2, 0.25) is 0 Å². The van der Waals surface area contributed by atoms with Gasteiger partial charge in [-0.3, -0.25) is 4.79 Å². The summed E-state index contributed by atoms with van der Waals surface area (Å²) in [5, 5.41) is 6.20. The largest absolute Gasteiger partial charge is 0.380 e. The molecule has 0 heterocycles. The molecule has 0 aromatic heterocycles. The zero-order valence-electron chi connectivity index (χ0n) is 10.4. The maximum Gasteiger partial charge on any atom is 0.234 e. The van der Waals surface area contributed by atoms with E-state index in [-0.39, 0.29) is 11.9 Å². The molecule has 1 amide bonds. The first-order valence-corrected chi connectivity index (χ1v) is 6.33. The number of ether oxygens (including phenoxy) is 1. The number of carbonyl (C=O) groups excluding carboxylic acids is 1. The fourth-order valence-corrected chi connectivity index (χ4v) is 1.97. The van der Waals surface area contributed by atoms with Gasteiger partial charge in [0.15, 0.2) is 0 Å². The third kappa shape index (κ3) is 5.47. The summed E-state index contributed by atoms with van der Waals surface area (Å²) in [6.45, 7) is 5.77. The summed E-state index contributed by atoms with van der Waals surface area (Å²) in [5.41, 5.74) is 0. The maximum absolute atomic E-state index is 11.6. The van der Waals surface area contributed by atoms with Crippen LogP contribution in [0.5, 0.6) is 0 Å². The van der Waals surface area contributed by atoms with Crippen LogP contribution in [0.4, 0.5) is 0 Å². The van der Waals surface area contributed by atoms with Crippen molar-refractivity contribution in [2.45, 2.75) is 51.6 Å². The van der Waals surface area contributed by atoms with Gasteiger partial charge >= 0.3 is 0 Å². The third-order valence-corrected chi connectivity index (χ3v) is 2.90. The highest BCUT2D eigenvalue weighted by molar-refractivity contribution is 5.78. The second kappa shape index (κ2) is 7.63. The summed E-state index contributed by atoms with van der Waals surface area (Å²) in [7, 11) is 0. The summed E-state index contributed by atoms with van der Waals surface area (Å²) in [4.78, 5) is 11.6. The molecule has 4 heteroatoms. The molecule has 0 saturated heterocycles. The molecule has 1 unspecified atom stereocenters. The van der Waals surface area contributed by atoms with Gasteiger partial charge in [-0.05, 0) is 26.7 Å². The van der Waals surface area contributed by atoms with Crippen molar-refractivity contribution in [3.05, 3.63) is 0 Å². The first-order valence-electron chi connectivity index (χ1n) is 6.33. The van der Waals surface area contributed by atoms with Gasteiger partial charge in [0.1, 0.15) is 0 Å². The summed E-state index contributed by atoms with van der Waals surface area (Å²) < 4.78 is 5.27. The van der Waals surface area contributed by atoms with Gasteiger partial charge in [-0.1, -0.05) is 12.8 Å². The van der Waals surface area contributed by atoms with E-state index in [1.54, 1.807) is 0 Å². The second-order valence-corrected chi connectivity index (χ2v) is 4.49. The molecule has 0 aromatic carbocycles. The van der Waals surface area contributed by atoms with E-state index in [1.807, 2.05) is 13.8 Å². The molecule has 1 fully saturated rings. The van der Waals surface area contributed by atoms with Crippen molar-refractivity contribution in [1.82, 2.24) is 10.6 Å². The molecular weight excluding hydrogens is 204 g/mol. The van der Waals surface area contributed by atoms with E-state index in [9.17, 15) is 4.79 Å². The molecule has 0 radical (unpaired) electrons. The molecule has 16 heavy (non-hydrogen) atoms. The molecule has 94 valence electrons. The SMILES string of the molecule is CCOCC(C)NCC(=O)NC1CCCC1. The molecule has 1 aliphatic rings. The van der Waals surface area contributed by atoms with Gasteiger partial charge in [0.25, 0.3) is 0 Å². The Morgan fingerprint density at radius 3 is 2.75 bits per heavy atom. The van der Waals surface area contributed by atoms with Gasteiger partial charge < -0.3 is 15.4 Å². The van der Waals surface area contributed by atoms with Crippen molar-refractivity contribution in [1.29, 1.82) is 0 Å². The van der Waals surface area contributed by atoms with Gasteiger partial charge in [-0.2, -0.15) is 0 Å². The first-order chi connectivity index (χ1) is 7.72. The monoisotopic (exact) mass is 228 g/mol. The fraction of sp³-hybridized carbons (Fsp3) is 0.917. The van der Waals surface area contributed by atoms with Crippen LogP contribution in [0.15, 0.2) is 0 Å². The zero-order chi connectivity index (χ0) is 11.8. The highest BCUT2D eigenvalue weighted by Gasteiger charge is 2.16. The van der Waals surface area contributed by atoms with Crippen molar-refractivity contribution in [2.75, 3.05) is 19.8 Å². The van der Waals surface area contributed by atoms with Crippen molar-refractivity contribution >= 4 is 5.91 Å². The minimum atomic E-state index is 0.107. The zero-order valence-corrected chi connectivity index (χ0v) is 10.4. The predicted molar refractivity (Wildman–Crippen MR) is 64.4 cm³/mol. The fourth-order valence-electron chi connectivity index (χ4n) is 1.97. The Hall–Kier alpha value is -0.610. The lowest BCUT2D eigenvalue weighted by atomic mass is 10.2. The van der Waals surface area contributed by atoms with Crippen LogP contribution in [0.3, 0.4) is 0 Å². The quantitative estimate of drug-likeness (QED) is 0.685. The summed E-state index contributed by atoms with van der Waals surface area (Å²) in [6.07, 6.45) is 4.78. The molecule has 1 aliphatic carbocycles. The highest BCUT2D eigenvalue weighted by Crippen LogP contribution is 2.17. The predicted octanol–water partition coefficient (Wildman–Crippen LogP) is 1.06. The van der Waals surface area contributed by atoms with Crippen LogP contribution in [0.25, 0.3) is 0 Å². The van der Waals surface area contributed by atoms with Crippen LogP contribution in [-0.2, 0) is 9.53 Å². The van der Waals surface area contributed by atoms with E-state index in [0.29, 0.717) is 19.2 Å². The summed E-state index contributed by atoms with van der Waals surface area (Å²) in [6, 6.07) is 0.644. The lowest BCUT2D eigenvalue weighted by molar-refractivity contribution is -0.121. The van der Waals surface area contributed by atoms with Crippen LogP contribution >= 0.6 is 0 Å². The summed E-state index contributed by atoms with van der Waals surface area (Å²) in [5.74, 6) is 0.107. The van der Waals surface area contributed by atoms with Gasteiger partial charge in [-0.15, -0.1) is 0 Å². The minimum Gasteiger partial charge on any atom is -0.380 e. The second-order valence-electron chi connectivity index (χ2n) is 4.49. The van der Waals surface area contributed by atoms with Crippen molar-refractivity contribution in [3.63, 3.8) is 0 Å². The first kappa shape index (κ1) is 13.5. The van der Waals surface area contributed by atoms with Gasteiger partial charge in [0, 0.05) is 18.7 Å². The average molecular weight is 228 g/mol. The van der Waals surface area contributed by atoms with Crippen molar-refractivity contribution in [2.24, 2.45) is 0 Å². The van der Waals surface area contributed by atoms with Gasteiger partial charge in [0.05, 0.1) is 13.2 Å². The van der Waals surface area contributed by atoms with E-state index in [1.165, 1.54) is 12.8 Å². The third-order valence-electron chi connectivity index (χ3n) is 2.90. The van der Waals surface area contributed by atoms with E-state index in [4.69, 9.17) is 4.74 Å². The molecule has 0 spiro atoms. The van der Waals surface area contributed by atoms with Crippen LogP contribution in [0, 0.1) is 0 Å². The number of carbonyl (C=O) groups is 1. The van der Waals surface area contributed by atoms with Crippen LogP contribution < -0.4 is 10.6 Å². The number of hydrogen-bond donors (Lipinski definition) is 2. The van der Waals surface area contributed by atoms with Crippen LogP contribution in [0.1, 0.15) is 39.5 Å². The molecule has 1 atom stereocenters. The number of nitrogens with one attached hydrogen (secondary N) is 2. The number of amides is 1. The Morgan fingerprint density at radius 2 is 2.12 bits per heavy atom. The van der Waals surface area contributed by atoms with E-state index in [2.05, 4.69) is 10.6 Å². The minimum absolute atomic E-state index is 0.107. The Labute approximate surface area is 98.1 Å². The molecule has 1 saturated carbocycles. The Morgan fingerprint density at radius 1 is 1.44 bits per heavy atom. The van der Waals surface area contributed by atoms with Crippen LogP contribution in [-0.4, -0.2) is 37.7 Å². The lowest BCUT2D eigenvalue weighted by Crippen LogP contribution is -2.42. The van der Waals surface area contributed by atoms with E-state index >= 15 is 0 Å². The van der Waals surface area contributed by atoms with E-state index < -0.39 is 0 Å². The Balaban J connectivity index is 2.04. The normalized spacial score (nSPS) is 18.6. The van der Waals surface area contributed by atoms with Crippen molar-refractivity contribution < 1.29 is 9.53 Å². The Kier molecular flexibility index (Phi) is 6.42. The Bertz CT molecular complexity index is 203. The van der Waals surface area contributed by atoms with Gasteiger partial charge in [0.2, 0.25) is 5.91 Å². The molecule has 0 bridgehead atoms. The lowest BCUT2D eigenvalue weighted by Gasteiger charge is -2.15. The molecule has 2 N–H and O–H groups in total. The standard InChI is InChI=1S/C12H24N2O2/c1-3-16-9-10(2)13-8-12(15)14-11-6-4-5-7-11/h10-11,13H,3-9H2,1-2H3,(H,14,15). The highest BCUT2D eigenvalue weighted by atomic mass is 16.5. The topological polar surface area (TPSA) is 50.4 Å². The molecule has 1 rings (SSSR count). The molecule has 0 aromatic rings. The maximum atomic E-state index is 11.6. The van der Waals surface area contributed by atoms with Gasteiger partial charge in [-0.25, -0.2) is 0 Å². The molecule has 4 nitrogen and oxygen atoms in total. The number of hydrogen-bond acceptors (Lipinski definition) is 3. The average Bonchev–Trinajstić information content (AvgIpc) is 2.76. The van der Waals surface area contributed by atoms with Crippen molar-refractivity contribution in [3.8, 4) is 0 Å². The smallest absolute Gasteiger partial charge is 0.234 e. The van der Waals surface area contributed by atoms with E-state index in [0.717, 1.165) is 19.4 Å². The molecular formula is C12H24N2O2. The summed E-state index contributed by atoms with van der Waals surface area (Å²) >= 11 is 0. The number of rotatable bonds is 7.